The summed E-state index contributed by atoms with van der Waals surface area (Å²) in [5, 5.41) is 13.8. The van der Waals surface area contributed by atoms with Crippen molar-refractivity contribution in [3.63, 3.8) is 0 Å². The average molecular weight is 360 g/mol. The molecule has 0 radical (unpaired) electrons. The predicted molar refractivity (Wildman–Crippen MR) is 98.9 cm³/mol. The topological polar surface area (TPSA) is 93.0 Å². The van der Waals surface area contributed by atoms with Gasteiger partial charge in [-0.3, -0.25) is 9.59 Å². The van der Waals surface area contributed by atoms with Crippen molar-refractivity contribution in [1.29, 1.82) is 0 Å². The lowest BCUT2D eigenvalue weighted by atomic mass is 10.1. The quantitative estimate of drug-likeness (QED) is 0.752. The minimum absolute atomic E-state index is 0.116. The molecule has 1 aliphatic rings. The molecule has 1 N–H and O–H groups in total. The number of nitrogens with one attached hydrogen (secondary N) is 1. The molecule has 8 heteroatoms. The highest BCUT2D eigenvalue weighted by Crippen LogP contribution is 2.31. The third kappa shape index (κ3) is 3.20. The summed E-state index contributed by atoms with van der Waals surface area (Å²) in [5.74, 6) is -0.295. The number of tetrazole rings is 1. The Morgan fingerprint density at radius 3 is 2.48 bits per heavy atom. The van der Waals surface area contributed by atoms with Crippen molar-refractivity contribution >= 4 is 23.2 Å². The third-order valence-corrected chi connectivity index (χ3v) is 4.37. The van der Waals surface area contributed by atoms with Crippen molar-refractivity contribution in [3.8, 4) is 5.69 Å². The fraction of sp³-hybridized carbons (Fsp3) is 0.105. The molecule has 2 aromatic carbocycles. The Labute approximate surface area is 155 Å². The van der Waals surface area contributed by atoms with Gasteiger partial charge in [-0.2, -0.15) is 0 Å². The molecule has 0 saturated carbocycles. The first-order valence-electron chi connectivity index (χ1n) is 8.37. The van der Waals surface area contributed by atoms with E-state index in [1.807, 2.05) is 18.2 Å². The zero-order valence-corrected chi connectivity index (χ0v) is 14.4. The summed E-state index contributed by atoms with van der Waals surface area (Å²) < 4.78 is 1.52. The Hall–Kier alpha value is -3.81. The van der Waals surface area contributed by atoms with Gasteiger partial charge in [0.1, 0.15) is 6.33 Å². The summed E-state index contributed by atoms with van der Waals surface area (Å²) in [6.07, 6.45) is 1.67. The van der Waals surface area contributed by atoms with E-state index in [0.29, 0.717) is 16.9 Å². The van der Waals surface area contributed by atoms with Crippen molar-refractivity contribution in [1.82, 2.24) is 25.1 Å². The standard InChI is InChI=1S/C19H16N6O2/c1-13-16-4-2-3-5-17(16)19(27)24(13)11-10-18(26)21-14-6-8-15(9-7-14)25-12-20-22-23-25/h2-9,12H,1,10-11H2,(H,21,26). The lowest BCUT2D eigenvalue weighted by Gasteiger charge is -2.17. The maximum absolute atomic E-state index is 12.4. The third-order valence-electron chi connectivity index (χ3n) is 4.37. The van der Waals surface area contributed by atoms with E-state index in [0.717, 1.165) is 11.3 Å². The van der Waals surface area contributed by atoms with Crippen molar-refractivity contribution < 1.29 is 9.59 Å². The lowest BCUT2D eigenvalue weighted by molar-refractivity contribution is -0.116. The molecule has 0 unspecified atom stereocenters. The van der Waals surface area contributed by atoms with Gasteiger partial charge in [-0.05, 0) is 40.8 Å². The van der Waals surface area contributed by atoms with Crippen LogP contribution in [0, 0.1) is 0 Å². The van der Waals surface area contributed by atoms with E-state index in [4.69, 9.17) is 0 Å². The first-order valence-corrected chi connectivity index (χ1v) is 8.37. The second kappa shape index (κ2) is 6.83. The highest BCUT2D eigenvalue weighted by molar-refractivity contribution is 6.09. The van der Waals surface area contributed by atoms with Gasteiger partial charge in [0.05, 0.1) is 5.69 Å². The number of fused-ring (bicyclic) bond motifs is 1. The van der Waals surface area contributed by atoms with Crippen LogP contribution in [-0.4, -0.2) is 43.5 Å². The van der Waals surface area contributed by atoms with Gasteiger partial charge in [0.15, 0.2) is 0 Å². The lowest BCUT2D eigenvalue weighted by Crippen LogP contribution is -2.27. The Bertz CT molecular complexity index is 976. The Morgan fingerprint density at radius 2 is 1.81 bits per heavy atom. The Morgan fingerprint density at radius 1 is 1.07 bits per heavy atom. The van der Waals surface area contributed by atoms with Crippen LogP contribution in [0.5, 0.6) is 0 Å². The number of carbonyl (C=O) groups is 2. The minimum atomic E-state index is -0.179. The molecular weight excluding hydrogens is 344 g/mol. The summed E-state index contributed by atoms with van der Waals surface area (Å²) in [6, 6.07) is 14.5. The second-order valence-corrected chi connectivity index (χ2v) is 6.05. The molecule has 1 aromatic heterocycles. The van der Waals surface area contributed by atoms with E-state index in [1.165, 1.54) is 11.0 Å². The van der Waals surface area contributed by atoms with Crippen LogP contribution in [-0.2, 0) is 4.79 Å². The molecule has 0 bridgehead atoms. The molecule has 134 valence electrons. The summed E-state index contributed by atoms with van der Waals surface area (Å²) in [5.41, 5.74) is 3.53. The molecule has 0 aliphatic carbocycles. The summed E-state index contributed by atoms with van der Waals surface area (Å²) in [7, 11) is 0. The summed E-state index contributed by atoms with van der Waals surface area (Å²) in [4.78, 5) is 26.2. The van der Waals surface area contributed by atoms with Gasteiger partial charge in [0.25, 0.3) is 5.91 Å². The van der Waals surface area contributed by atoms with Crippen molar-refractivity contribution in [2.24, 2.45) is 0 Å². The fourth-order valence-corrected chi connectivity index (χ4v) is 2.99. The van der Waals surface area contributed by atoms with Crippen LogP contribution < -0.4 is 5.32 Å². The molecule has 3 aromatic rings. The van der Waals surface area contributed by atoms with Crippen LogP contribution >= 0.6 is 0 Å². The zero-order valence-electron chi connectivity index (χ0n) is 14.4. The van der Waals surface area contributed by atoms with Crippen LogP contribution in [0.25, 0.3) is 11.4 Å². The number of carbonyl (C=O) groups excluding carboxylic acids is 2. The fourth-order valence-electron chi connectivity index (χ4n) is 2.99. The molecule has 4 rings (SSSR count). The van der Waals surface area contributed by atoms with E-state index in [-0.39, 0.29) is 24.8 Å². The SMILES string of the molecule is C=C1c2ccccc2C(=O)N1CCC(=O)Nc1ccc(-n2cnnn2)cc1. The number of rotatable bonds is 5. The second-order valence-electron chi connectivity index (χ2n) is 6.05. The summed E-state index contributed by atoms with van der Waals surface area (Å²) in [6.45, 7) is 4.26. The van der Waals surface area contributed by atoms with Gasteiger partial charge in [0.2, 0.25) is 5.91 Å². The molecule has 0 spiro atoms. The van der Waals surface area contributed by atoms with Crippen molar-refractivity contribution in [2.45, 2.75) is 6.42 Å². The zero-order chi connectivity index (χ0) is 18.8. The molecule has 27 heavy (non-hydrogen) atoms. The van der Waals surface area contributed by atoms with E-state index in [1.54, 1.807) is 35.2 Å². The van der Waals surface area contributed by atoms with Crippen molar-refractivity contribution in [3.05, 3.63) is 72.6 Å². The maximum atomic E-state index is 12.4. The normalized spacial score (nSPS) is 13.0. The minimum Gasteiger partial charge on any atom is -0.326 e. The van der Waals surface area contributed by atoms with Crippen LogP contribution in [0.3, 0.4) is 0 Å². The van der Waals surface area contributed by atoms with Crippen LogP contribution in [0.2, 0.25) is 0 Å². The van der Waals surface area contributed by atoms with Gasteiger partial charge in [-0.1, -0.05) is 24.8 Å². The molecule has 0 saturated heterocycles. The number of benzene rings is 2. The Kier molecular flexibility index (Phi) is 4.21. The molecular formula is C19H16N6O2. The maximum Gasteiger partial charge on any atom is 0.258 e. The molecule has 0 fully saturated rings. The smallest absolute Gasteiger partial charge is 0.258 e. The Balaban J connectivity index is 1.35. The number of aromatic nitrogens is 4. The van der Waals surface area contributed by atoms with Crippen LogP contribution in [0.15, 0.2) is 61.4 Å². The van der Waals surface area contributed by atoms with Gasteiger partial charge in [0, 0.05) is 35.5 Å². The van der Waals surface area contributed by atoms with E-state index < -0.39 is 0 Å². The first kappa shape index (κ1) is 16.6. The number of hydrogen-bond acceptors (Lipinski definition) is 5. The van der Waals surface area contributed by atoms with Gasteiger partial charge >= 0.3 is 0 Å². The van der Waals surface area contributed by atoms with Gasteiger partial charge in [-0.25, -0.2) is 4.68 Å². The largest absolute Gasteiger partial charge is 0.326 e. The number of amides is 2. The number of nitrogens with zero attached hydrogens (tertiary/aromatic N) is 5. The van der Waals surface area contributed by atoms with E-state index >= 15 is 0 Å². The van der Waals surface area contributed by atoms with Crippen LogP contribution in [0.4, 0.5) is 5.69 Å². The molecule has 0 atom stereocenters. The highest BCUT2D eigenvalue weighted by atomic mass is 16.2. The highest BCUT2D eigenvalue weighted by Gasteiger charge is 2.30. The summed E-state index contributed by atoms with van der Waals surface area (Å²) >= 11 is 0. The molecule has 2 amide bonds. The van der Waals surface area contributed by atoms with Crippen molar-refractivity contribution in [2.75, 3.05) is 11.9 Å². The molecule has 1 aliphatic heterocycles. The van der Waals surface area contributed by atoms with E-state index in [2.05, 4.69) is 27.4 Å². The predicted octanol–water partition coefficient (Wildman–Crippen LogP) is 2.12. The molecule has 8 nitrogen and oxygen atoms in total. The monoisotopic (exact) mass is 360 g/mol. The van der Waals surface area contributed by atoms with Crippen LogP contribution in [0.1, 0.15) is 22.3 Å². The molecule has 2 heterocycles. The van der Waals surface area contributed by atoms with E-state index in [9.17, 15) is 9.59 Å². The number of anilines is 1. The van der Waals surface area contributed by atoms with Gasteiger partial charge in [-0.15, -0.1) is 5.10 Å². The first-order chi connectivity index (χ1) is 13.1. The average Bonchev–Trinajstić information content (AvgIpc) is 3.30. The number of hydrogen-bond donors (Lipinski definition) is 1. The van der Waals surface area contributed by atoms with Gasteiger partial charge < -0.3 is 10.2 Å².